The number of ether oxygens (including phenoxy) is 2. The fraction of sp³-hybridized carbons (Fsp3) is 0.250. The van der Waals surface area contributed by atoms with Crippen LogP contribution in [0, 0.1) is 12.7 Å². The van der Waals surface area contributed by atoms with E-state index < -0.39 is 0 Å². The van der Waals surface area contributed by atoms with Crippen molar-refractivity contribution in [3.05, 3.63) is 53.3 Å². The van der Waals surface area contributed by atoms with Gasteiger partial charge in [-0.15, -0.1) is 0 Å². The molecule has 0 fully saturated rings. The Morgan fingerprint density at radius 1 is 1.05 bits per heavy atom. The van der Waals surface area contributed by atoms with E-state index in [9.17, 15) is 4.39 Å². The molecule has 0 unspecified atom stereocenters. The monoisotopic (exact) mass is 275 g/mol. The molecule has 0 saturated carbocycles. The third-order valence-corrected chi connectivity index (χ3v) is 3.15. The molecule has 0 amide bonds. The van der Waals surface area contributed by atoms with Crippen LogP contribution in [0.4, 0.5) is 10.1 Å². The van der Waals surface area contributed by atoms with Gasteiger partial charge in [-0.3, -0.25) is 0 Å². The fourth-order valence-electron chi connectivity index (χ4n) is 1.90. The Kier molecular flexibility index (Phi) is 4.45. The molecule has 0 atom stereocenters. The minimum Gasteiger partial charge on any atom is -0.497 e. The minimum atomic E-state index is -0.211. The summed E-state index contributed by atoms with van der Waals surface area (Å²) in [6.45, 7) is 2.29. The highest BCUT2D eigenvalue weighted by molar-refractivity contribution is 5.48. The van der Waals surface area contributed by atoms with Gasteiger partial charge in [-0.05, 0) is 36.8 Å². The maximum absolute atomic E-state index is 13.5. The van der Waals surface area contributed by atoms with Crippen LogP contribution >= 0.6 is 0 Å². The van der Waals surface area contributed by atoms with Crippen molar-refractivity contribution < 1.29 is 13.9 Å². The van der Waals surface area contributed by atoms with Gasteiger partial charge in [0.15, 0.2) is 0 Å². The van der Waals surface area contributed by atoms with Gasteiger partial charge >= 0.3 is 0 Å². The van der Waals surface area contributed by atoms with Crippen LogP contribution in [-0.4, -0.2) is 14.2 Å². The zero-order valence-electron chi connectivity index (χ0n) is 11.9. The third-order valence-electron chi connectivity index (χ3n) is 3.15. The van der Waals surface area contributed by atoms with Crippen molar-refractivity contribution in [2.45, 2.75) is 13.5 Å². The van der Waals surface area contributed by atoms with Gasteiger partial charge in [0.2, 0.25) is 0 Å². The first kappa shape index (κ1) is 14.2. The second-order valence-corrected chi connectivity index (χ2v) is 4.50. The number of hydrogen-bond donors (Lipinski definition) is 1. The molecule has 0 aliphatic heterocycles. The van der Waals surface area contributed by atoms with E-state index in [1.165, 1.54) is 6.07 Å². The Balaban J connectivity index is 2.12. The van der Waals surface area contributed by atoms with E-state index in [0.717, 1.165) is 22.7 Å². The standard InChI is InChI=1S/C16H18FNO2/c1-11-4-6-13(8-15(11)17)18-10-12-5-7-14(19-2)9-16(12)20-3/h4-9,18H,10H2,1-3H3. The number of hydrogen-bond acceptors (Lipinski definition) is 3. The van der Waals surface area contributed by atoms with Crippen LogP contribution in [0.5, 0.6) is 11.5 Å². The summed E-state index contributed by atoms with van der Waals surface area (Å²) >= 11 is 0. The average Bonchev–Trinajstić information content (AvgIpc) is 2.48. The zero-order chi connectivity index (χ0) is 14.5. The van der Waals surface area contributed by atoms with Crippen molar-refractivity contribution in [1.82, 2.24) is 0 Å². The largest absolute Gasteiger partial charge is 0.497 e. The van der Waals surface area contributed by atoms with E-state index in [1.807, 2.05) is 24.3 Å². The molecule has 2 aromatic rings. The summed E-state index contributed by atoms with van der Waals surface area (Å²) in [4.78, 5) is 0. The molecule has 0 heterocycles. The highest BCUT2D eigenvalue weighted by atomic mass is 19.1. The maximum Gasteiger partial charge on any atom is 0.128 e. The lowest BCUT2D eigenvalue weighted by molar-refractivity contribution is 0.391. The number of anilines is 1. The molecule has 3 nitrogen and oxygen atoms in total. The molecule has 0 aliphatic carbocycles. The fourth-order valence-corrected chi connectivity index (χ4v) is 1.90. The van der Waals surface area contributed by atoms with Crippen molar-refractivity contribution >= 4 is 5.69 Å². The maximum atomic E-state index is 13.5. The number of rotatable bonds is 5. The van der Waals surface area contributed by atoms with Crippen LogP contribution in [-0.2, 0) is 6.54 Å². The molecule has 2 rings (SSSR count). The normalized spacial score (nSPS) is 10.2. The van der Waals surface area contributed by atoms with Crippen molar-refractivity contribution in [2.24, 2.45) is 0 Å². The third kappa shape index (κ3) is 3.20. The van der Waals surface area contributed by atoms with Crippen LogP contribution in [0.25, 0.3) is 0 Å². The van der Waals surface area contributed by atoms with Gasteiger partial charge in [-0.25, -0.2) is 4.39 Å². The molecule has 0 spiro atoms. The lowest BCUT2D eigenvalue weighted by atomic mass is 10.1. The van der Waals surface area contributed by atoms with E-state index in [1.54, 1.807) is 27.2 Å². The Morgan fingerprint density at radius 2 is 1.85 bits per heavy atom. The van der Waals surface area contributed by atoms with Crippen LogP contribution in [0.2, 0.25) is 0 Å². The minimum absolute atomic E-state index is 0.211. The Morgan fingerprint density at radius 3 is 2.50 bits per heavy atom. The number of benzene rings is 2. The Labute approximate surface area is 118 Å². The van der Waals surface area contributed by atoms with Gasteiger partial charge in [-0.2, -0.15) is 0 Å². The SMILES string of the molecule is COc1ccc(CNc2ccc(C)c(F)c2)c(OC)c1. The first-order chi connectivity index (χ1) is 9.63. The summed E-state index contributed by atoms with van der Waals surface area (Å²) in [5.74, 6) is 1.27. The van der Waals surface area contributed by atoms with Gasteiger partial charge in [0.1, 0.15) is 17.3 Å². The van der Waals surface area contributed by atoms with Gasteiger partial charge in [0, 0.05) is 23.9 Å². The van der Waals surface area contributed by atoms with Crippen LogP contribution in [0.3, 0.4) is 0 Å². The highest BCUT2D eigenvalue weighted by Crippen LogP contribution is 2.25. The van der Waals surface area contributed by atoms with E-state index in [-0.39, 0.29) is 5.82 Å². The van der Waals surface area contributed by atoms with E-state index in [4.69, 9.17) is 9.47 Å². The molecule has 0 aromatic heterocycles. The summed E-state index contributed by atoms with van der Waals surface area (Å²) < 4.78 is 23.9. The van der Waals surface area contributed by atoms with E-state index in [2.05, 4.69) is 5.32 Å². The number of nitrogens with one attached hydrogen (secondary N) is 1. The molecule has 2 aromatic carbocycles. The summed E-state index contributed by atoms with van der Waals surface area (Å²) in [6, 6.07) is 10.7. The highest BCUT2D eigenvalue weighted by Gasteiger charge is 2.05. The predicted octanol–water partition coefficient (Wildman–Crippen LogP) is 3.76. The molecule has 0 radical (unpaired) electrons. The number of methoxy groups -OCH3 is 2. The molecule has 0 bridgehead atoms. The summed E-state index contributed by atoms with van der Waals surface area (Å²) in [5.41, 5.74) is 2.36. The lowest BCUT2D eigenvalue weighted by Crippen LogP contribution is -2.02. The molecule has 0 saturated heterocycles. The summed E-state index contributed by atoms with van der Waals surface area (Å²) in [7, 11) is 3.23. The Bertz CT molecular complexity index is 599. The van der Waals surface area contributed by atoms with Gasteiger partial charge in [0.25, 0.3) is 0 Å². The molecule has 20 heavy (non-hydrogen) atoms. The predicted molar refractivity (Wildman–Crippen MR) is 78.0 cm³/mol. The van der Waals surface area contributed by atoms with Gasteiger partial charge in [-0.1, -0.05) is 6.07 Å². The summed E-state index contributed by atoms with van der Waals surface area (Å²) in [6.07, 6.45) is 0. The quantitative estimate of drug-likeness (QED) is 0.901. The molecular formula is C16H18FNO2. The smallest absolute Gasteiger partial charge is 0.128 e. The second-order valence-electron chi connectivity index (χ2n) is 4.50. The van der Waals surface area contributed by atoms with Gasteiger partial charge < -0.3 is 14.8 Å². The first-order valence-electron chi connectivity index (χ1n) is 6.35. The zero-order valence-corrected chi connectivity index (χ0v) is 11.9. The molecule has 4 heteroatoms. The van der Waals surface area contributed by atoms with E-state index in [0.29, 0.717) is 12.1 Å². The molecule has 106 valence electrons. The topological polar surface area (TPSA) is 30.5 Å². The van der Waals surface area contributed by atoms with Gasteiger partial charge in [0.05, 0.1) is 14.2 Å². The number of aryl methyl sites for hydroxylation is 1. The molecule has 1 N–H and O–H groups in total. The molecular weight excluding hydrogens is 257 g/mol. The molecule has 0 aliphatic rings. The van der Waals surface area contributed by atoms with Crippen molar-refractivity contribution in [2.75, 3.05) is 19.5 Å². The number of halogens is 1. The lowest BCUT2D eigenvalue weighted by Gasteiger charge is -2.12. The second kappa shape index (κ2) is 6.28. The van der Waals surface area contributed by atoms with Crippen LogP contribution in [0.1, 0.15) is 11.1 Å². The van der Waals surface area contributed by atoms with Crippen molar-refractivity contribution in [3.8, 4) is 11.5 Å². The summed E-state index contributed by atoms with van der Waals surface area (Å²) in [5, 5.41) is 3.18. The Hall–Kier alpha value is -2.23. The van der Waals surface area contributed by atoms with Crippen LogP contribution in [0.15, 0.2) is 36.4 Å². The first-order valence-corrected chi connectivity index (χ1v) is 6.35. The van der Waals surface area contributed by atoms with Crippen molar-refractivity contribution in [1.29, 1.82) is 0 Å². The van der Waals surface area contributed by atoms with Crippen LogP contribution < -0.4 is 14.8 Å². The van der Waals surface area contributed by atoms with Crippen molar-refractivity contribution in [3.63, 3.8) is 0 Å². The average molecular weight is 275 g/mol. The van der Waals surface area contributed by atoms with E-state index >= 15 is 0 Å².